The lowest BCUT2D eigenvalue weighted by Crippen LogP contribution is -2.49. The molecule has 0 spiro atoms. The molecule has 1 saturated heterocycles. The van der Waals surface area contributed by atoms with Crippen LogP contribution in [0, 0.1) is 0 Å². The van der Waals surface area contributed by atoms with E-state index in [1.807, 2.05) is 29.2 Å². The van der Waals surface area contributed by atoms with E-state index in [2.05, 4.69) is 10.6 Å². The highest BCUT2D eigenvalue weighted by Gasteiger charge is 2.34. The van der Waals surface area contributed by atoms with Gasteiger partial charge in [-0.05, 0) is 12.1 Å². The number of amides is 1. The molecule has 2 aliphatic rings. The second-order valence-corrected chi connectivity index (χ2v) is 4.49. The Bertz CT molecular complexity index is 449. The molecule has 3 rings (SSSR count). The number of hydrogen-bond donors (Lipinski definition) is 3. The van der Waals surface area contributed by atoms with Crippen molar-refractivity contribution in [1.82, 2.24) is 5.32 Å². The van der Waals surface area contributed by atoms with E-state index in [4.69, 9.17) is 0 Å². The number of nitrogens with zero attached hydrogens (tertiary/aromatic N) is 1. The van der Waals surface area contributed by atoms with Crippen LogP contribution in [0.15, 0.2) is 24.3 Å². The average Bonchev–Trinajstić information content (AvgIpc) is 2.74. The third-order valence-corrected chi connectivity index (χ3v) is 3.35. The standard InChI is InChI=1S/C12H15N3O2/c16-11-6-13-5-10(11)15-7-12(17)14-8-3-1-2-4-9(8)15/h1-4,10-11,13,16H,5-7H2,(H,14,17). The van der Waals surface area contributed by atoms with E-state index in [1.165, 1.54) is 0 Å². The normalized spacial score (nSPS) is 27.8. The number of fused-ring (bicyclic) bond motifs is 1. The lowest BCUT2D eigenvalue weighted by molar-refractivity contribution is -0.115. The van der Waals surface area contributed by atoms with Gasteiger partial charge in [0.15, 0.2) is 0 Å². The summed E-state index contributed by atoms with van der Waals surface area (Å²) in [5.41, 5.74) is 1.81. The summed E-state index contributed by atoms with van der Waals surface area (Å²) in [5, 5.41) is 15.9. The molecule has 0 radical (unpaired) electrons. The van der Waals surface area contributed by atoms with Crippen LogP contribution in [0.2, 0.25) is 0 Å². The summed E-state index contributed by atoms with van der Waals surface area (Å²) < 4.78 is 0. The molecule has 17 heavy (non-hydrogen) atoms. The molecular weight excluding hydrogens is 218 g/mol. The molecular formula is C12H15N3O2. The molecule has 0 bridgehead atoms. The molecule has 1 aromatic carbocycles. The summed E-state index contributed by atoms with van der Waals surface area (Å²) >= 11 is 0. The minimum Gasteiger partial charge on any atom is -0.390 e. The number of aliphatic hydroxyl groups excluding tert-OH is 1. The van der Waals surface area contributed by atoms with Crippen molar-refractivity contribution in [3.8, 4) is 0 Å². The van der Waals surface area contributed by atoms with E-state index in [9.17, 15) is 9.90 Å². The SMILES string of the molecule is O=C1CN(C2CNCC2O)c2ccccc2N1. The number of hydrogen-bond acceptors (Lipinski definition) is 4. The molecule has 1 aromatic rings. The van der Waals surface area contributed by atoms with E-state index in [-0.39, 0.29) is 11.9 Å². The van der Waals surface area contributed by atoms with Gasteiger partial charge in [-0.25, -0.2) is 0 Å². The van der Waals surface area contributed by atoms with Gasteiger partial charge < -0.3 is 20.6 Å². The number of aliphatic hydroxyl groups is 1. The van der Waals surface area contributed by atoms with Gasteiger partial charge in [-0.1, -0.05) is 12.1 Å². The number of carbonyl (C=O) groups is 1. The van der Waals surface area contributed by atoms with Crippen LogP contribution in [-0.4, -0.2) is 42.8 Å². The first-order chi connectivity index (χ1) is 8.25. The predicted molar refractivity (Wildman–Crippen MR) is 65.1 cm³/mol. The van der Waals surface area contributed by atoms with Crippen LogP contribution < -0.4 is 15.5 Å². The van der Waals surface area contributed by atoms with Gasteiger partial charge in [0.05, 0.1) is 30.1 Å². The van der Waals surface area contributed by atoms with Crippen LogP contribution in [0.25, 0.3) is 0 Å². The molecule has 2 aliphatic heterocycles. The maximum absolute atomic E-state index is 11.6. The Morgan fingerprint density at radius 1 is 1.29 bits per heavy atom. The smallest absolute Gasteiger partial charge is 0.243 e. The summed E-state index contributed by atoms with van der Waals surface area (Å²) in [6.45, 7) is 1.61. The lowest BCUT2D eigenvalue weighted by atomic mass is 10.1. The van der Waals surface area contributed by atoms with Crippen molar-refractivity contribution >= 4 is 17.3 Å². The zero-order chi connectivity index (χ0) is 11.8. The Morgan fingerprint density at radius 3 is 2.88 bits per heavy atom. The summed E-state index contributed by atoms with van der Waals surface area (Å²) in [6, 6.07) is 7.67. The van der Waals surface area contributed by atoms with Crippen LogP contribution in [-0.2, 0) is 4.79 Å². The van der Waals surface area contributed by atoms with Crippen molar-refractivity contribution in [1.29, 1.82) is 0 Å². The zero-order valence-electron chi connectivity index (χ0n) is 9.39. The van der Waals surface area contributed by atoms with Crippen LogP contribution in [0.3, 0.4) is 0 Å². The van der Waals surface area contributed by atoms with Crippen LogP contribution in [0.5, 0.6) is 0 Å². The number of rotatable bonds is 1. The van der Waals surface area contributed by atoms with Crippen molar-refractivity contribution in [3.63, 3.8) is 0 Å². The Labute approximate surface area is 99.4 Å². The minimum absolute atomic E-state index is 0.0252. The number of nitrogens with one attached hydrogen (secondary N) is 2. The number of β-amino-alcohol motifs (C(OH)–C–C–N with tert-alkyl or cyclic N) is 1. The Balaban J connectivity index is 1.97. The van der Waals surface area contributed by atoms with Gasteiger partial charge in [0, 0.05) is 13.1 Å². The summed E-state index contributed by atoms with van der Waals surface area (Å²) in [6.07, 6.45) is -0.422. The fourth-order valence-electron chi connectivity index (χ4n) is 2.52. The Hall–Kier alpha value is -1.59. The van der Waals surface area contributed by atoms with E-state index in [0.717, 1.165) is 11.4 Å². The highest BCUT2D eigenvalue weighted by molar-refractivity contribution is 6.01. The molecule has 2 heterocycles. The first kappa shape index (κ1) is 10.6. The highest BCUT2D eigenvalue weighted by atomic mass is 16.3. The van der Waals surface area contributed by atoms with Gasteiger partial charge in [0.1, 0.15) is 0 Å². The second kappa shape index (κ2) is 4.01. The molecule has 2 atom stereocenters. The number of anilines is 2. The molecule has 5 nitrogen and oxygen atoms in total. The van der Waals surface area contributed by atoms with Gasteiger partial charge in [0.25, 0.3) is 0 Å². The fraction of sp³-hybridized carbons (Fsp3) is 0.417. The van der Waals surface area contributed by atoms with E-state index in [0.29, 0.717) is 19.6 Å². The maximum atomic E-state index is 11.6. The number of benzene rings is 1. The molecule has 0 saturated carbocycles. The van der Waals surface area contributed by atoms with Crippen LogP contribution in [0.4, 0.5) is 11.4 Å². The summed E-state index contributed by atoms with van der Waals surface area (Å²) in [7, 11) is 0. The minimum atomic E-state index is -0.422. The fourth-order valence-corrected chi connectivity index (χ4v) is 2.52. The van der Waals surface area contributed by atoms with Crippen LogP contribution in [0.1, 0.15) is 0 Å². The van der Waals surface area contributed by atoms with E-state index < -0.39 is 6.10 Å². The van der Waals surface area contributed by atoms with Crippen molar-refractivity contribution in [3.05, 3.63) is 24.3 Å². The van der Waals surface area contributed by atoms with Gasteiger partial charge >= 0.3 is 0 Å². The third kappa shape index (κ3) is 1.77. The molecule has 90 valence electrons. The topological polar surface area (TPSA) is 64.6 Å². The predicted octanol–water partition coefficient (Wildman–Crippen LogP) is -0.222. The van der Waals surface area contributed by atoms with Gasteiger partial charge in [-0.15, -0.1) is 0 Å². The molecule has 2 unspecified atom stereocenters. The quantitative estimate of drug-likeness (QED) is 0.627. The first-order valence-corrected chi connectivity index (χ1v) is 5.80. The van der Waals surface area contributed by atoms with Crippen molar-refractivity contribution in [2.45, 2.75) is 12.1 Å². The zero-order valence-corrected chi connectivity index (χ0v) is 9.39. The van der Waals surface area contributed by atoms with Crippen molar-refractivity contribution < 1.29 is 9.90 Å². The molecule has 0 aliphatic carbocycles. The van der Waals surface area contributed by atoms with Gasteiger partial charge in [-0.2, -0.15) is 0 Å². The second-order valence-electron chi connectivity index (χ2n) is 4.49. The Kier molecular flexibility index (Phi) is 2.49. The Morgan fingerprint density at radius 2 is 2.12 bits per heavy atom. The van der Waals surface area contributed by atoms with Crippen molar-refractivity contribution in [2.75, 3.05) is 29.9 Å². The van der Waals surface area contributed by atoms with Gasteiger partial charge in [0.2, 0.25) is 5.91 Å². The molecule has 1 fully saturated rings. The number of para-hydroxylation sites is 2. The number of carbonyl (C=O) groups excluding carboxylic acids is 1. The van der Waals surface area contributed by atoms with Crippen LogP contribution >= 0.6 is 0 Å². The summed E-state index contributed by atoms with van der Waals surface area (Å²) in [5.74, 6) is -0.0252. The average molecular weight is 233 g/mol. The molecule has 3 N–H and O–H groups in total. The summed E-state index contributed by atoms with van der Waals surface area (Å²) in [4.78, 5) is 13.6. The first-order valence-electron chi connectivity index (χ1n) is 5.80. The van der Waals surface area contributed by atoms with Gasteiger partial charge in [-0.3, -0.25) is 4.79 Å². The monoisotopic (exact) mass is 233 g/mol. The highest BCUT2D eigenvalue weighted by Crippen LogP contribution is 2.31. The molecule has 1 amide bonds. The van der Waals surface area contributed by atoms with E-state index >= 15 is 0 Å². The van der Waals surface area contributed by atoms with E-state index in [1.54, 1.807) is 0 Å². The molecule has 5 heteroatoms. The lowest BCUT2D eigenvalue weighted by Gasteiger charge is -2.36. The van der Waals surface area contributed by atoms with Crippen molar-refractivity contribution in [2.24, 2.45) is 0 Å². The third-order valence-electron chi connectivity index (χ3n) is 3.35. The molecule has 0 aromatic heterocycles. The largest absolute Gasteiger partial charge is 0.390 e. The maximum Gasteiger partial charge on any atom is 0.243 e.